The lowest BCUT2D eigenvalue weighted by Crippen LogP contribution is -2.29. The second-order valence-electron chi connectivity index (χ2n) is 4.48. The van der Waals surface area contributed by atoms with Gasteiger partial charge in [0, 0.05) is 5.92 Å². The predicted octanol–water partition coefficient (Wildman–Crippen LogP) is 1.77. The quantitative estimate of drug-likeness (QED) is 0.902. The van der Waals surface area contributed by atoms with E-state index in [4.69, 9.17) is 5.73 Å². The molecule has 1 aliphatic rings. The summed E-state index contributed by atoms with van der Waals surface area (Å²) in [5.74, 6) is -0.940. The zero-order chi connectivity index (χ0) is 13.5. The monoisotopic (exact) mass is 262 g/mol. The minimum Gasteiger partial charge on any atom is -0.364 e. The number of carbonyl (C=O) groups excluding carboxylic acids is 1. The zero-order valence-electron chi connectivity index (χ0n) is 9.74. The maximum Gasteiger partial charge on any atom is 0.410 e. The molecule has 8 heteroatoms. The molecule has 1 aliphatic carbocycles. The maximum absolute atomic E-state index is 12.7. The fourth-order valence-corrected chi connectivity index (χ4v) is 1.96. The molecule has 1 heterocycles. The maximum atomic E-state index is 12.7. The molecule has 1 amide bonds. The molecular weight excluding hydrogens is 249 g/mol. The van der Waals surface area contributed by atoms with E-state index in [1.807, 2.05) is 0 Å². The van der Waals surface area contributed by atoms with Gasteiger partial charge in [-0.25, -0.2) is 4.68 Å². The molecule has 100 valence electrons. The second-order valence-corrected chi connectivity index (χ2v) is 4.48. The smallest absolute Gasteiger partial charge is 0.364 e. The number of halogens is 3. The van der Waals surface area contributed by atoms with Crippen molar-refractivity contribution in [1.82, 2.24) is 15.0 Å². The Kier molecular flexibility index (Phi) is 3.04. The summed E-state index contributed by atoms with van der Waals surface area (Å²) in [5, 5.41) is 6.94. The number of hydrogen-bond acceptors (Lipinski definition) is 3. The Morgan fingerprint density at radius 3 is 2.50 bits per heavy atom. The number of amides is 1. The van der Waals surface area contributed by atoms with E-state index in [9.17, 15) is 18.0 Å². The van der Waals surface area contributed by atoms with Crippen LogP contribution in [0.5, 0.6) is 0 Å². The zero-order valence-corrected chi connectivity index (χ0v) is 9.74. The van der Waals surface area contributed by atoms with Gasteiger partial charge in [-0.1, -0.05) is 11.6 Å². The Balaban J connectivity index is 2.44. The summed E-state index contributed by atoms with van der Waals surface area (Å²) in [7, 11) is 0. The van der Waals surface area contributed by atoms with Crippen molar-refractivity contribution in [2.45, 2.75) is 44.3 Å². The van der Waals surface area contributed by atoms with Crippen molar-refractivity contribution < 1.29 is 18.0 Å². The number of carbonyl (C=O) groups is 1. The molecule has 1 atom stereocenters. The van der Waals surface area contributed by atoms with Crippen molar-refractivity contribution in [3.05, 3.63) is 11.4 Å². The number of hydrogen-bond donors (Lipinski definition) is 1. The van der Waals surface area contributed by atoms with Gasteiger partial charge in [0.25, 0.3) is 5.91 Å². The van der Waals surface area contributed by atoms with Crippen molar-refractivity contribution in [2.24, 2.45) is 5.73 Å². The highest BCUT2D eigenvalue weighted by atomic mass is 19.4. The fourth-order valence-electron chi connectivity index (χ4n) is 1.96. The van der Waals surface area contributed by atoms with Crippen LogP contribution in [0.4, 0.5) is 13.2 Å². The van der Waals surface area contributed by atoms with E-state index in [1.165, 1.54) is 0 Å². The second kappa shape index (κ2) is 4.25. The van der Waals surface area contributed by atoms with E-state index in [2.05, 4.69) is 10.3 Å². The van der Waals surface area contributed by atoms with Gasteiger partial charge in [0.2, 0.25) is 0 Å². The average molecular weight is 262 g/mol. The molecule has 2 N–H and O–H groups in total. The molecule has 0 spiro atoms. The topological polar surface area (TPSA) is 73.8 Å². The Hall–Kier alpha value is -1.60. The molecular formula is C10H13F3N4O. The van der Waals surface area contributed by atoms with Crippen molar-refractivity contribution in [3.63, 3.8) is 0 Å². The number of nitrogens with zero attached hydrogens (tertiary/aromatic N) is 3. The Morgan fingerprint density at radius 2 is 2.11 bits per heavy atom. The van der Waals surface area contributed by atoms with Crippen molar-refractivity contribution in [1.29, 1.82) is 0 Å². The summed E-state index contributed by atoms with van der Waals surface area (Å²) < 4.78 is 38.9. The molecule has 2 rings (SSSR count). The third-order valence-corrected chi connectivity index (χ3v) is 3.30. The van der Waals surface area contributed by atoms with Crippen LogP contribution >= 0.6 is 0 Å². The van der Waals surface area contributed by atoms with Crippen LogP contribution in [-0.2, 0) is 0 Å². The minimum atomic E-state index is -4.43. The lowest BCUT2D eigenvalue weighted by atomic mass is 9.81. The highest BCUT2D eigenvalue weighted by Gasteiger charge is 2.42. The van der Waals surface area contributed by atoms with Crippen LogP contribution in [0, 0.1) is 0 Å². The van der Waals surface area contributed by atoms with E-state index in [0.29, 0.717) is 0 Å². The first kappa shape index (κ1) is 12.8. The summed E-state index contributed by atoms with van der Waals surface area (Å²) >= 11 is 0. The average Bonchev–Trinajstić information content (AvgIpc) is 2.56. The third-order valence-electron chi connectivity index (χ3n) is 3.30. The molecule has 0 aliphatic heterocycles. The number of rotatable bonds is 3. The van der Waals surface area contributed by atoms with Crippen LogP contribution in [0.25, 0.3) is 0 Å². The summed E-state index contributed by atoms with van der Waals surface area (Å²) in [6, 6.07) is -1.81. The van der Waals surface area contributed by atoms with E-state index in [0.717, 1.165) is 30.9 Å². The lowest BCUT2D eigenvalue weighted by molar-refractivity contribution is -0.166. The van der Waals surface area contributed by atoms with Crippen molar-refractivity contribution in [3.8, 4) is 0 Å². The van der Waals surface area contributed by atoms with Crippen molar-refractivity contribution in [2.75, 3.05) is 0 Å². The normalized spacial score (nSPS) is 18.4. The largest absolute Gasteiger partial charge is 0.410 e. The van der Waals surface area contributed by atoms with Gasteiger partial charge in [-0.3, -0.25) is 4.79 Å². The van der Waals surface area contributed by atoms with Crippen molar-refractivity contribution >= 4 is 5.91 Å². The van der Waals surface area contributed by atoms with Crippen LogP contribution in [0.2, 0.25) is 0 Å². The summed E-state index contributed by atoms with van der Waals surface area (Å²) in [6.45, 7) is 0.988. The van der Waals surface area contributed by atoms with E-state index < -0.39 is 18.1 Å². The first-order chi connectivity index (χ1) is 8.32. The van der Waals surface area contributed by atoms with Crippen LogP contribution in [0.1, 0.15) is 54.3 Å². The number of alkyl halides is 3. The molecule has 1 saturated carbocycles. The Bertz CT molecular complexity index is 464. The van der Waals surface area contributed by atoms with Gasteiger partial charge < -0.3 is 5.73 Å². The molecule has 0 radical (unpaired) electrons. The SMILES string of the molecule is CC(n1nnc(C(N)=O)c1C1CCC1)C(F)(F)F. The summed E-state index contributed by atoms with van der Waals surface area (Å²) in [5.41, 5.74) is 5.20. The number of nitrogens with two attached hydrogens (primary N) is 1. The lowest BCUT2D eigenvalue weighted by Gasteiger charge is -2.28. The fraction of sp³-hybridized carbons (Fsp3) is 0.700. The third kappa shape index (κ3) is 2.06. The molecule has 1 aromatic rings. The molecule has 18 heavy (non-hydrogen) atoms. The van der Waals surface area contributed by atoms with Gasteiger partial charge in [-0.2, -0.15) is 13.2 Å². The van der Waals surface area contributed by atoms with E-state index >= 15 is 0 Å². The molecule has 1 unspecified atom stereocenters. The predicted molar refractivity (Wildman–Crippen MR) is 55.9 cm³/mol. The van der Waals surface area contributed by atoms with Gasteiger partial charge in [-0.15, -0.1) is 5.10 Å². The van der Waals surface area contributed by atoms with Crippen LogP contribution in [0.15, 0.2) is 0 Å². The molecule has 1 aromatic heterocycles. The van der Waals surface area contributed by atoms with Gasteiger partial charge in [0.1, 0.15) is 6.04 Å². The van der Waals surface area contributed by atoms with Crippen LogP contribution in [-0.4, -0.2) is 27.1 Å². The first-order valence-electron chi connectivity index (χ1n) is 5.64. The Morgan fingerprint density at radius 1 is 1.50 bits per heavy atom. The van der Waals surface area contributed by atoms with Gasteiger partial charge in [0.05, 0.1) is 5.69 Å². The van der Waals surface area contributed by atoms with Crippen LogP contribution in [0.3, 0.4) is 0 Å². The molecule has 5 nitrogen and oxygen atoms in total. The van der Waals surface area contributed by atoms with Gasteiger partial charge >= 0.3 is 6.18 Å². The van der Waals surface area contributed by atoms with Gasteiger partial charge in [0.15, 0.2) is 5.69 Å². The standard InChI is InChI=1S/C10H13F3N4O/c1-5(10(11,12)13)17-8(6-3-2-4-6)7(9(14)18)15-16-17/h5-6H,2-4H2,1H3,(H2,14,18). The molecule has 0 aromatic carbocycles. The Labute approximate surface area is 101 Å². The summed E-state index contributed by atoms with van der Waals surface area (Å²) in [4.78, 5) is 11.2. The van der Waals surface area contributed by atoms with Gasteiger partial charge in [-0.05, 0) is 19.8 Å². The number of primary amides is 1. The van der Waals surface area contributed by atoms with E-state index in [1.54, 1.807) is 0 Å². The highest BCUT2D eigenvalue weighted by Crippen LogP contribution is 2.40. The molecule has 0 saturated heterocycles. The number of aromatic nitrogens is 3. The molecule has 1 fully saturated rings. The molecule has 0 bridgehead atoms. The van der Waals surface area contributed by atoms with Crippen LogP contribution < -0.4 is 5.73 Å². The van der Waals surface area contributed by atoms with E-state index in [-0.39, 0.29) is 17.3 Å². The summed E-state index contributed by atoms with van der Waals surface area (Å²) in [6.07, 6.45) is -2.04. The first-order valence-corrected chi connectivity index (χ1v) is 5.64. The highest BCUT2D eigenvalue weighted by molar-refractivity contribution is 5.92. The minimum absolute atomic E-state index is 0.104.